The zero-order chi connectivity index (χ0) is 18.6. The number of anilines is 1. The van der Waals surface area contributed by atoms with Crippen LogP contribution in [0, 0.1) is 5.92 Å². The number of nitrogen functional groups attached to an aromatic ring is 1. The second kappa shape index (κ2) is 8.28. The zero-order valence-corrected chi connectivity index (χ0v) is 16.4. The Labute approximate surface area is 155 Å². The molecule has 1 aliphatic heterocycles. The fraction of sp³-hybridized carbons (Fsp3) is 0.632. The van der Waals surface area contributed by atoms with Crippen LogP contribution in [0.4, 0.5) is 5.69 Å². The van der Waals surface area contributed by atoms with Crippen LogP contribution in [-0.2, 0) is 0 Å². The van der Waals surface area contributed by atoms with Crippen molar-refractivity contribution in [2.45, 2.75) is 45.6 Å². The zero-order valence-electron chi connectivity index (χ0n) is 15.7. The van der Waals surface area contributed by atoms with E-state index >= 15 is 0 Å². The number of hydrogen-bond donors (Lipinski definition) is 2. The van der Waals surface area contributed by atoms with E-state index < -0.39 is 0 Å². The number of benzene rings is 1. The van der Waals surface area contributed by atoms with Crippen LogP contribution >= 0.6 is 11.6 Å². The van der Waals surface area contributed by atoms with Crippen molar-refractivity contribution in [3.05, 3.63) is 22.7 Å². The number of carbonyl (C=O) groups excluding carboxylic acids is 1. The number of nitrogens with two attached hydrogens (primary N) is 1. The number of piperidine rings is 1. The minimum absolute atomic E-state index is 0.103. The molecule has 1 heterocycles. The Morgan fingerprint density at radius 2 is 2.20 bits per heavy atom. The maximum Gasteiger partial charge on any atom is 0.255 e. The molecule has 0 bridgehead atoms. The van der Waals surface area contributed by atoms with Crippen LogP contribution in [-0.4, -0.2) is 43.1 Å². The molecule has 1 unspecified atom stereocenters. The second-order valence-electron chi connectivity index (χ2n) is 7.43. The predicted molar refractivity (Wildman–Crippen MR) is 103 cm³/mol. The lowest BCUT2D eigenvalue weighted by atomic mass is 9.91. The van der Waals surface area contributed by atoms with Crippen LogP contribution in [0.5, 0.6) is 5.75 Å². The molecule has 0 saturated carbocycles. The summed E-state index contributed by atoms with van der Waals surface area (Å²) in [6.07, 6.45) is 3.73. The Morgan fingerprint density at radius 3 is 2.84 bits per heavy atom. The van der Waals surface area contributed by atoms with Crippen LogP contribution in [0.2, 0.25) is 5.02 Å². The van der Waals surface area contributed by atoms with Crippen LogP contribution < -0.4 is 15.8 Å². The third kappa shape index (κ3) is 4.79. The topological polar surface area (TPSA) is 67.6 Å². The first-order valence-corrected chi connectivity index (χ1v) is 9.32. The number of rotatable bonds is 6. The maximum absolute atomic E-state index is 12.6. The van der Waals surface area contributed by atoms with Gasteiger partial charge in [0.2, 0.25) is 0 Å². The Hall–Kier alpha value is -1.46. The molecule has 1 aromatic carbocycles. The summed E-state index contributed by atoms with van der Waals surface area (Å²) in [4.78, 5) is 15.1. The number of methoxy groups -OCH3 is 1. The first-order valence-electron chi connectivity index (χ1n) is 8.94. The molecule has 5 nitrogen and oxygen atoms in total. The molecular weight excluding hydrogens is 338 g/mol. The monoisotopic (exact) mass is 367 g/mol. The SMILES string of the molecule is CCC1CCCN(C(C)(C)CNC(=O)c2cc(Cl)c(N)cc2OC)C1. The second-order valence-corrected chi connectivity index (χ2v) is 7.84. The molecule has 0 spiro atoms. The predicted octanol–water partition coefficient (Wildman–Crippen LogP) is 3.56. The number of carbonyl (C=O) groups is 1. The lowest BCUT2D eigenvalue weighted by Gasteiger charge is -2.43. The number of likely N-dealkylation sites (tertiary alicyclic amines) is 1. The van der Waals surface area contributed by atoms with Crippen molar-refractivity contribution < 1.29 is 9.53 Å². The summed E-state index contributed by atoms with van der Waals surface area (Å²) in [6.45, 7) is 9.34. The molecule has 1 aliphatic rings. The quantitative estimate of drug-likeness (QED) is 0.754. The summed E-state index contributed by atoms with van der Waals surface area (Å²) in [5.41, 5.74) is 6.48. The van der Waals surface area contributed by atoms with Gasteiger partial charge in [-0.05, 0) is 45.2 Å². The van der Waals surface area contributed by atoms with Crippen molar-refractivity contribution in [1.82, 2.24) is 10.2 Å². The van der Waals surface area contributed by atoms with Gasteiger partial charge in [0.1, 0.15) is 5.75 Å². The largest absolute Gasteiger partial charge is 0.496 e. The molecule has 1 amide bonds. The van der Waals surface area contributed by atoms with Crippen molar-refractivity contribution in [2.24, 2.45) is 5.92 Å². The molecule has 1 fully saturated rings. The van der Waals surface area contributed by atoms with E-state index in [2.05, 4.69) is 31.0 Å². The molecule has 140 valence electrons. The number of ether oxygens (including phenoxy) is 1. The van der Waals surface area contributed by atoms with Crippen molar-refractivity contribution in [2.75, 3.05) is 32.5 Å². The minimum Gasteiger partial charge on any atom is -0.496 e. The highest BCUT2D eigenvalue weighted by atomic mass is 35.5. The van der Waals surface area contributed by atoms with Crippen molar-refractivity contribution in [3.8, 4) is 5.75 Å². The third-order valence-corrected chi connectivity index (χ3v) is 5.52. The maximum atomic E-state index is 12.6. The molecule has 2 rings (SSSR count). The Morgan fingerprint density at radius 1 is 1.48 bits per heavy atom. The van der Waals surface area contributed by atoms with Gasteiger partial charge in [0.15, 0.2) is 0 Å². The molecule has 1 aromatic rings. The van der Waals surface area contributed by atoms with Gasteiger partial charge in [-0.25, -0.2) is 0 Å². The van der Waals surface area contributed by atoms with Gasteiger partial charge in [-0.2, -0.15) is 0 Å². The molecule has 0 aliphatic carbocycles. The van der Waals surface area contributed by atoms with E-state index in [1.807, 2.05) is 0 Å². The van der Waals surface area contributed by atoms with Gasteiger partial charge in [0, 0.05) is 24.7 Å². The van der Waals surface area contributed by atoms with Crippen molar-refractivity contribution >= 4 is 23.2 Å². The van der Waals surface area contributed by atoms with Crippen LogP contribution in [0.15, 0.2) is 12.1 Å². The molecular formula is C19H30ClN3O2. The number of nitrogens with zero attached hydrogens (tertiary/aromatic N) is 1. The molecule has 0 aromatic heterocycles. The minimum atomic E-state index is -0.198. The first-order chi connectivity index (χ1) is 11.8. The Balaban J connectivity index is 2.05. The van der Waals surface area contributed by atoms with E-state index in [4.69, 9.17) is 22.1 Å². The number of hydrogen-bond acceptors (Lipinski definition) is 4. The summed E-state index contributed by atoms with van der Waals surface area (Å²) < 4.78 is 5.27. The molecule has 1 atom stereocenters. The molecule has 0 radical (unpaired) electrons. The molecule has 1 saturated heterocycles. The fourth-order valence-corrected chi connectivity index (χ4v) is 3.53. The van der Waals surface area contributed by atoms with E-state index in [1.165, 1.54) is 26.4 Å². The third-order valence-electron chi connectivity index (χ3n) is 5.20. The lowest BCUT2D eigenvalue weighted by molar-refractivity contribution is 0.0611. The van der Waals surface area contributed by atoms with Crippen molar-refractivity contribution in [3.63, 3.8) is 0 Å². The number of nitrogens with one attached hydrogen (secondary N) is 1. The van der Waals surface area contributed by atoms with Gasteiger partial charge in [-0.1, -0.05) is 24.9 Å². The lowest BCUT2D eigenvalue weighted by Crippen LogP contribution is -2.54. The Kier molecular flexibility index (Phi) is 6.58. The highest BCUT2D eigenvalue weighted by molar-refractivity contribution is 6.33. The number of halogens is 1. The van der Waals surface area contributed by atoms with Gasteiger partial charge in [0.25, 0.3) is 5.91 Å². The van der Waals surface area contributed by atoms with Gasteiger partial charge >= 0.3 is 0 Å². The number of amides is 1. The van der Waals surface area contributed by atoms with Crippen LogP contribution in [0.25, 0.3) is 0 Å². The highest BCUT2D eigenvalue weighted by Gasteiger charge is 2.31. The summed E-state index contributed by atoms with van der Waals surface area (Å²) in [6, 6.07) is 3.14. The smallest absolute Gasteiger partial charge is 0.255 e. The van der Waals surface area contributed by atoms with Gasteiger partial charge < -0.3 is 15.8 Å². The standard InChI is InChI=1S/C19H30ClN3O2/c1-5-13-7-6-8-23(11-13)19(2,3)12-22-18(24)14-9-15(20)16(21)10-17(14)25-4/h9-10,13H,5-8,11-12,21H2,1-4H3,(H,22,24). The normalized spacial score (nSPS) is 18.8. The van der Waals surface area contributed by atoms with Gasteiger partial charge in [0.05, 0.1) is 23.4 Å². The summed E-state index contributed by atoms with van der Waals surface area (Å²) in [7, 11) is 1.52. The van der Waals surface area contributed by atoms with Crippen molar-refractivity contribution in [1.29, 1.82) is 0 Å². The summed E-state index contributed by atoms with van der Waals surface area (Å²) in [5.74, 6) is 0.983. The average molecular weight is 368 g/mol. The summed E-state index contributed by atoms with van der Waals surface area (Å²) >= 11 is 6.06. The fourth-order valence-electron chi connectivity index (χ4n) is 3.37. The average Bonchev–Trinajstić information content (AvgIpc) is 2.61. The van der Waals surface area contributed by atoms with E-state index in [9.17, 15) is 4.79 Å². The summed E-state index contributed by atoms with van der Waals surface area (Å²) in [5, 5.41) is 3.38. The van der Waals surface area contributed by atoms with Crippen LogP contribution in [0.3, 0.4) is 0 Å². The van der Waals surface area contributed by atoms with E-state index in [-0.39, 0.29) is 11.4 Å². The highest BCUT2D eigenvalue weighted by Crippen LogP contribution is 2.29. The van der Waals surface area contributed by atoms with Crippen LogP contribution in [0.1, 0.15) is 50.4 Å². The van der Waals surface area contributed by atoms with Gasteiger partial charge in [-0.3, -0.25) is 9.69 Å². The molecule has 25 heavy (non-hydrogen) atoms. The molecule has 6 heteroatoms. The van der Waals surface area contributed by atoms with Gasteiger partial charge in [-0.15, -0.1) is 0 Å². The van der Waals surface area contributed by atoms with E-state index in [0.29, 0.717) is 28.6 Å². The first kappa shape index (κ1) is 19.9. The van der Waals surface area contributed by atoms with E-state index in [1.54, 1.807) is 12.1 Å². The Bertz CT molecular complexity index is 619. The molecule has 3 N–H and O–H groups in total. The van der Waals surface area contributed by atoms with E-state index in [0.717, 1.165) is 19.0 Å².